The number of hydrogen-bond donors (Lipinski definition) is 0. The van der Waals surface area contributed by atoms with Crippen LogP contribution in [0.3, 0.4) is 0 Å². The van der Waals surface area contributed by atoms with Gasteiger partial charge in [0.1, 0.15) is 0 Å². The summed E-state index contributed by atoms with van der Waals surface area (Å²) in [6.07, 6.45) is 10.4. The minimum absolute atomic E-state index is 0.0407. The molecule has 0 N–H and O–H groups in total. The number of hydrogen-bond acceptors (Lipinski definition) is 0. The maximum atomic E-state index is 2.39. The molecule has 0 aromatic heterocycles. The molecular formula is C20H18. The average molecular weight is 258 g/mol. The predicted octanol–water partition coefficient (Wildman–Crippen LogP) is 5.09. The van der Waals surface area contributed by atoms with Gasteiger partial charge in [-0.1, -0.05) is 71.8 Å². The number of allylic oxidation sites excluding steroid dienone is 4. The van der Waals surface area contributed by atoms with E-state index in [0.29, 0.717) is 0 Å². The molecule has 98 valence electrons. The van der Waals surface area contributed by atoms with Crippen LogP contribution in [0.1, 0.15) is 28.7 Å². The molecule has 20 heavy (non-hydrogen) atoms. The normalized spacial score (nSPS) is 17.3. The van der Waals surface area contributed by atoms with E-state index in [2.05, 4.69) is 74.5 Å². The first-order chi connectivity index (χ1) is 9.71. The monoisotopic (exact) mass is 258 g/mol. The van der Waals surface area contributed by atoms with Gasteiger partial charge in [-0.2, -0.15) is 0 Å². The summed E-state index contributed by atoms with van der Waals surface area (Å²) in [6, 6.07) is 13.7. The van der Waals surface area contributed by atoms with Crippen molar-refractivity contribution in [1.29, 1.82) is 0 Å². The Bertz CT molecular complexity index is 694. The smallest absolute Gasteiger partial charge is 0.0575 e. The summed E-state index contributed by atoms with van der Waals surface area (Å²) in [5.74, 6) is 0. The van der Waals surface area contributed by atoms with E-state index in [1.165, 1.54) is 33.4 Å². The van der Waals surface area contributed by atoms with E-state index in [9.17, 15) is 0 Å². The van der Waals surface area contributed by atoms with Crippen molar-refractivity contribution in [3.05, 3.63) is 83.0 Å². The molecule has 0 unspecified atom stereocenters. The van der Waals surface area contributed by atoms with E-state index in [0.717, 1.165) is 6.42 Å². The first kappa shape index (κ1) is 11.7. The van der Waals surface area contributed by atoms with Crippen LogP contribution in [0.4, 0.5) is 0 Å². The summed E-state index contributed by atoms with van der Waals surface area (Å²) in [7, 11) is 0. The van der Waals surface area contributed by atoms with Crippen molar-refractivity contribution >= 4 is 0 Å². The van der Waals surface area contributed by atoms with Crippen molar-refractivity contribution in [3.63, 3.8) is 0 Å². The highest BCUT2D eigenvalue weighted by Crippen LogP contribution is 2.52. The van der Waals surface area contributed by atoms with Gasteiger partial charge in [0.05, 0.1) is 5.41 Å². The molecule has 0 aliphatic heterocycles. The fourth-order valence-electron chi connectivity index (χ4n) is 3.62. The number of benzene rings is 2. The lowest BCUT2D eigenvalue weighted by atomic mass is 9.75. The van der Waals surface area contributed by atoms with Crippen LogP contribution in [0, 0.1) is 13.8 Å². The molecule has 2 aliphatic rings. The van der Waals surface area contributed by atoms with E-state index in [-0.39, 0.29) is 5.41 Å². The SMILES string of the molecule is Cc1ccc2c(c1)C1(C=CCC=C1)c1cc(C)ccc1-2. The largest absolute Gasteiger partial charge is 0.0832 e. The highest BCUT2D eigenvalue weighted by Gasteiger charge is 2.39. The van der Waals surface area contributed by atoms with Gasteiger partial charge in [0, 0.05) is 0 Å². The van der Waals surface area contributed by atoms with Crippen molar-refractivity contribution in [2.75, 3.05) is 0 Å². The van der Waals surface area contributed by atoms with Gasteiger partial charge >= 0.3 is 0 Å². The lowest BCUT2D eigenvalue weighted by Crippen LogP contribution is -2.21. The molecule has 0 saturated heterocycles. The topological polar surface area (TPSA) is 0 Å². The zero-order chi connectivity index (χ0) is 13.7. The van der Waals surface area contributed by atoms with Gasteiger partial charge in [-0.05, 0) is 42.5 Å². The molecule has 0 atom stereocenters. The van der Waals surface area contributed by atoms with Gasteiger partial charge < -0.3 is 0 Å². The van der Waals surface area contributed by atoms with Gasteiger partial charge in [-0.15, -0.1) is 0 Å². The summed E-state index contributed by atoms with van der Waals surface area (Å²) < 4.78 is 0. The van der Waals surface area contributed by atoms with Crippen LogP contribution in [0.15, 0.2) is 60.7 Å². The van der Waals surface area contributed by atoms with Crippen molar-refractivity contribution in [2.24, 2.45) is 0 Å². The Morgan fingerprint density at radius 1 is 0.750 bits per heavy atom. The lowest BCUT2D eigenvalue weighted by Gasteiger charge is -2.27. The van der Waals surface area contributed by atoms with Crippen molar-refractivity contribution in [2.45, 2.75) is 25.7 Å². The summed E-state index contributed by atoms with van der Waals surface area (Å²) in [5, 5.41) is 0. The van der Waals surface area contributed by atoms with Gasteiger partial charge in [0.2, 0.25) is 0 Å². The molecule has 0 heteroatoms. The number of fused-ring (bicyclic) bond motifs is 5. The Kier molecular flexibility index (Phi) is 2.32. The quantitative estimate of drug-likeness (QED) is 0.578. The second-order valence-corrected chi connectivity index (χ2v) is 6.01. The molecular weight excluding hydrogens is 240 g/mol. The molecule has 2 aromatic rings. The minimum atomic E-state index is -0.0407. The second-order valence-electron chi connectivity index (χ2n) is 6.01. The summed E-state index contributed by atoms with van der Waals surface area (Å²) in [5.41, 5.74) is 8.28. The van der Waals surface area contributed by atoms with Crippen LogP contribution in [0.2, 0.25) is 0 Å². The average Bonchev–Trinajstić information content (AvgIpc) is 2.70. The fourth-order valence-corrected chi connectivity index (χ4v) is 3.62. The first-order valence-electron chi connectivity index (χ1n) is 7.29. The molecule has 2 aliphatic carbocycles. The lowest BCUT2D eigenvalue weighted by molar-refractivity contribution is 0.820. The standard InChI is InChI=1S/C20H18/c1-14-6-8-16-17-9-7-15(2)13-19(17)20(18(16)12-14)10-4-3-5-11-20/h4-13H,3H2,1-2H3. The molecule has 0 amide bonds. The van der Waals surface area contributed by atoms with Crippen LogP contribution in [-0.2, 0) is 5.41 Å². The maximum absolute atomic E-state index is 2.39. The summed E-state index contributed by atoms with van der Waals surface area (Å²) in [4.78, 5) is 0. The maximum Gasteiger partial charge on any atom is 0.0575 e. The van der Waals surface area contributed by atoms with Crippen LogP contribution >= 0.6 is 0 Å². The minimum Gasteiger partial charge on any atom is -0.0832 e. The summed E-state index contributed by atoms with van der Waals surface area (Å²) >= 11 is 0. The highest BCUT2D eigenvalue weighted by molar-refractivity contribution is 5.84. The van der Waals surface area contributed by atoms with Gasteiger partial charge in [0.15, 0.2) is 0 Å². The third-order valence-corrected chi connectivity index (χ3v) is 4.57. The van der Waals surface area contributed by atoms with Crippen LogP contribution < -0.4 is 0 Å². The zero-order valence-corrected chi connectivity index (χ0v) is 12.0. The Morgan fingerprint density at radius 2 is 1.25 bits per heavy atom. The predicted molar refractivity (Wildman–Crippen MR) is 85.0 cm³/mol. The fraction of sp³-hybridized carbons (Fsp3) is 0.200. The molecule has 0 bridgehead atoms. The third-order valence-electron chi connectivity index (χ3n) is 4.57. The van der Waals surface area contributed by atoms with E-state index < -0.39 is 0 Å². The molecule has 0 fully saturated rings. The molecule has 1 spiro atoms. The van der Waals surface area contributed by atoms with Gasteiger partial charge in [-0.25, -0.2) is 0 Å². The van der Waals surface area contributed by atoms with E-state index in [1.54, 1.807) is 0 Å². The number of rotatable bonds is 0. The van der Waals surface area contributed by atoms with Gasteiger partial charge in [-0.3, -0.25) is 0 Å². The van der Waals surface area contributed by atoms with E-state index in [4.69, 9.17) is 0 Å². The van der Waals surface area contributed by atoms with Crippen molar-refractivity contribution < 1.29 is 0 Å². The molecule has 0 saturated carbocycles. The Hall–Kier alpha value is -2.08. The van der Waals surface area contributed by atoms with Gasteiger partial charge in [0.25, 0.3) is 0 Å². The van der Waals surface area contributed by atoms with Crippen molar-refractivity contribution in [3.8, 4) is 11.1 Å². The first-order valence-corrected chi connectivity index (χ1v) is 7.29. The molecule has 0 heterocycles. The molecule has 2 aromatic carbocycles. The molecule has 4 rings (SSSR count). The second kappa shape index (κ2) is 3.96. The Balaban J connectivity index is 2.12. The summed E-state index contributed by atoms with van der Waals surface area (Å²) in [6.45, 7) is 4.36. The third kappa shape index (κ3) is 1.42. The van der Waals surface area contributed by atoms with Crippen LogP contribution in [0.25, 0.3) is 11.1 Å². The molecule has 0 nitrogen and oxygen atoms in total. The Morgan fingerprint density at radius 3 is 1.75 bits per heavy atom. The molecule has 0 radical (unpaired) electrons. The van der Waals surface area contributed by atoms with Crippen LogP contribution in [-0.4, -0.2) is 0 Å². The van der Waals surface area contributed by atoms with E-state index in [1.807, 2.05) is 0 Å². The highest BCUT2D eigenvalue weighted by atomic mass is 14.4. The van der Waals surface area contributed by atoms with E-state index >= 15 is 0 Å². The van der Waals surface area contributed by atoms with Crippen molar-refractivity contribution in [1.82, 2.24) is 0 Å². The Labute approximate surface area is 120 Å². The zero-order valence-electron chi connectivity index (χ0n) is 12.0. The number of aryl methyl sites for hydroxylation is 2. The van der Waals surface area contributed by atoms with Crippen LogP contribution in [0.5, 0.6) is 0 Å².